The van der Waals surface area contributed by atoms with Gasteiger partial charge in [0.1, 0.15) is 5.82 Å². The summed E-state index contributed by atoms with van der Waals surface area (Å²) in [5.41, 5.74) is 0.651. The Labute approximate surface area is 146 Å². The van der Waals surface area contributed by atoms with Crippen molar-refractivity contribution in [1.29, 1.82) is 0 Å². The molecule has 2 heterocycles. The van der Waals surface area contributed by atoms with Crippen LogP contribution in [0.2, 0.25) is 0 Å². The van der Waals surface area contributed by atoms with E-state index in [2.05, 4.69) is 4.90 Å². The Morgan fingerprint density at radius 2 is 1.79 bits per heavy atom. The number of thiophene rings is 1. The fourth-order valence-corrected chi connectivity index (χ4v) is 5.94. The molecule has 7 heteroatoms. The normalized spacial score (nSPS) is 17.3. The van der Waals surface area contributed by atoms with Crippen LogP contribution in [-0.4, -0.2) is 43.8 Å². The molecule has 0 aliphatic carbocycles. The number of rotatable bonds is 4. The van der Waals surface area contributed by atoms with E-state index in [-0.39, 0.29) is 5.82 Å². The number of nitrogens with zero attached hydrogens (tertiary/aromatic N) is 2. The maximum absolute atomic E-state index is 13.7. The molecule has 1 aliphatic rings. The number of halogens is 1. The van der Waals surface area contributed by atoms with Gasteiger partial charge >= 0.3 is 0 Å². The number of hydrogen-bond donors (Lipinski definition) is 0. The van der Waals surface area contributed by atoms with E-state index in [1.807, 2.05) is 19.9 Å². The minimum atomic E-state index is -3.43. The first-order valence-electron chi connectivity index (χ1n) is 7.91. The number of sulfonamides is 1. The molecular formula is C17H21FN2O2S2. The highest BCUT2D eigenvalue weighted by Gasteiger charge is 2.30. The second kappa shape index (κ2) is 6.92. The molecule has 0 N–H and O–H groups in total. The lowest BCUT2D eigenvalue weighted by molar-refractivity contribution is 0.180. The largest absolute Gasteiger partial charge is 0.296 e. The first-order valence-corrected chi connectivity index (χ1v) is 10.2. The molecule has 0 amide bonds. The van der Waals surface area contributed by atoms with Crippen molar-refractivity contribution in [3.05, 3.63) is 51.5 Å². The summed E-state index contributed by atoms with van der Waals surface area (Å²) in [7, 11) is -3.43. The molecule has 130 valence electrons. The van der Waals surface area contributed by atoms with Crippen LogP contribution in [0.5, 0.6) is 0 Å². The van der Waals surface area contributed by atoms with E-state index >= 15 is 0 Å². The maximum Gasteiger partial charge on any atom is 0.244 e. The minimum absolute atomic E-state index is 0.211. The van der Waals surface area contributed by atoms with E-state index in [1.54, 1.807) is 22.5 Å². The molecule has 1 aromatic heterocycles. The molecule has 4 nitrogen and oxygen atoms in total. The van der Waals surface area contributed by atoms with Crippen LogP contribution < -0.4 is 0 Å². The van der Waals surface area contributed by atoms with Gasteiger partial charge in [-0.1, -0.05) is 18.2 Å². The molecule has 0 saturated carbocycles. The second-order valence-corrected chi connectivity index (χ2v) is 9.42. The van der Waals surface area contributed by atoms with Gasteiger partial charge in [0.15, 0.2) is 0 Å². The summed E-state index contributed by atoms with van der Waals surface area (Å²) in [6, 6.07) is 8.48. The summed E-state index contributed by atoms with van der Waals surface area (Å²) < 4.78 is 40.9. The predicted molar refractivity (Wildman–Crippen MR) is 94.2 cm³/mol. The van der Waals surface area contributed by atoms with Crippen LogP contribution in [0.3, 0.4) is 0 Å². The van der Waals surface area contributed by atoms with Crippen LogP contribution >= 0.6 is 11.3 Å². The second-order valence-electron chi connectivity index (χ2n) is 6.05. The predicted octanol–water partition coefficient (Wildman–Crippen LogP) is 3.01. The monoisotopic (exact) mass is 368 g/mol. The molecule has 0 radical (unpaired) electrons. The third kappa shape index (κ3) is 3.54. The van der Waals surface area contributed by atoms with Crippen molar-refractivity contribution in [3.63, 3.8) is 0 Å². The van der Waals surface area contributed by atoms with Crippen molar-refractivity contribution < 1.29 is 12.8 Å². The first kappa shape index (κ1) is 17.5. The van der Waals surface area contributed by atoms with Crippen LogP contribution in [0.15, 0.2) is 35.2 Å². The molecular weight excluding hydrogens is 347 g/mol. The Bertz CT molecular complexity index is 825. The zero-order chi connectivity index (χ0) is 17.3. The first-order chi connectivity index (χ1) is 11.4. The molecule has 0 bridgehead atoms. The highest BCUT2D eigenvalue weighted by atomic mass is 32.2. The van der Waals surface area contributed by atoms with Crippen molar-refractivity contribution in [3.8, 4) is 0 Å². The molecule has 2 aromatic rings. The van der Waals surface area contributed by atoms with E-state index in [9.17, 15) is 12.8 Å². The van der Waals surface area contributed by atoms with Gasteiger partial charge in [-0.25, -0.2) is 12.8 Å². The Morgan fingerprint density at radius 1 is 1.12 bits per heavy atom. The zero-order valence-corrected chi connectivity index (χ0v) is 15.5. The third-order valence-corrected chi connectivity index (χ3v) is 7.42. The zero-order valence-electron chi connectivity index (χ0n) is 13.8. The van der Waals surface area contributed by atoms with Gasteiger partial charge in [0.05, 0.1) is 4.90 Å². The summed E-state index contributed by atoms with van der Waals surface area (Å²) in [5.74, 6) is -0.211. The van der Waals surface area contributed by atoms with E-state index < -0.39 is 10.0 Å². The Balaban J connectivity index is 1.67. The standard InChI is InChI=1S/C17H21FN2O2S2/c1-13-11-17(14(2)23-13)24(21,22)20-9-7-19(8-10-20)12-15-5-3-4-6-16(15)18/h3-6,11H,7-10,12H2,1-2H3. The van der Waals surface area contributed by atoms with Gasteiger partial charge in [0, 0.05) is 48.0 Å². The quantitative estimate of drug-likeness (QED) is 0.833. The van der Waals surface area contributed by atoms with Gasteiger partial charge in [-0.05, 0) is 26.0 Å². The lowest BCUT2D eigenvalue weighted by Gasteiger charge is -2.34. The summed E-state index contributed by atoms with van der Waals surface area (Å²) in [6.07, 6.45) is 0. The van der Waals surface area contributed by atoms with Crippen molar-refractivity contribution >= 4 is 21.4 Å². The van der Waals surface area contributed by atoms with Crippen molar-refractivity contribution in [1.82, 2.24) is 9.21 Å². The SMILES string of the molecule is Cc1cc(S(=O)(=O)N2CCN(Cc3ccccc3F)CC2)c(C)s1. The molecule has 0 spiro atoms. The van der Waals surface area contributed by atoms with Crippen LogP contribution in [0, 0.1) is 19.7 Å². The van der Waals surface area contributed by atoms with Gasteiger partial charge < -0.3 is 0 Å². The maximum atomic E-state index is 13.7. The van der Waals surface area contributed by atoms with Crippen molar-refractivity contribution in [2.45, 2.75) is 25.3 Å². The average molecular weight is 368 g/mol. The van der Waals surface area contributed by atoms with E-state index in [4.69, 9.17) is 0 Å². The molecule has 0 unspecified atom stereocenters. The third-order valence-electron chi connectivity index (χ3n) is 4.30. The lowest BCUT2D eigenvalue weighted by Crippen LogP contribution is -2.48. The summed E-state index contributed by atoms with van der Waals surface area (Å²) in [4.78, 5) is 4.36. The van der Waals surface area contributed by atoms with Gasteiger partial charge in [0.25, 0.3) is 0 Å². The highest BCUT2D eigenvalue weighted by Crippen LogP contribution is 2.28. The summed E-state index contributed by atoms with van der Waals surface area (Å²) in [6.45, 7) is 6.36. The topological polar surface area (TPSA) is 40.6 Å². The minimum Gasteiger partial charge on any atom is -0.296 e. The molecule has 1 saturated heterocycles. The van der Waals surface area contributed by atoms with Gasteiger partial charge in [-0.15, -0.1) is 11.3 Å². The number of aryl methyl sites for hydroxylation is 2. The van der Waals surface area contributed by atoms with Gasteiger partial charge in [0.2, 0.25) is 10.0 Å². The van der Waals surface area contributed by atoms with Crippen molar-refractivity contribution in [2.24, 2.45) is 0 Å². The van der Waals surface area contributed by atoms with Gasteiger partial charge in [-0.2, -0.15) is 4.31 Å². The number of hydrogen-bond acceptors (Lipinski definition) is 4. The molecule has 1 aromatic carbocycles. The summed E-state index contributed by atoms with van der Waals surface area (Å²) >= 11 is 1.51. The molecule has 24 heavy (non-hydrogen) atoms. The van der Waals surface area contributed by atoms with E-state index in [0.717, 1.165) is 9.75 Å². The van der Waals surface area contributed by atoms with Crippen LogP contribution in [-0.2, 0) is 16.6 Å². The van der Waals surface area contributed by atoms with Crippen LogP contribution in [0.25, 0.3) is 0 Å². The van der Waals surface area contributed by atoms with E-state index in [0.29, 0.717) is 43.2 Å². The number of piperazine rings is 1. The summed E-state index contributed by atoms with van der Waals surface area (Å²) in [5, 5.41) is 0. The van der Waals surface area contributed by atoms with Crippen molar-refractivity contribution in [2.75, 3.05) is 26.2 Å². The fraction of sp³-hybridized carbons (Fsp3) is 0.412. The highest BCUT2D eigenvalue weighted by molar-refractivity contribution is 7.89. The van der Waals surface area contributed by atoms with Crippen LogP contribution in [0.1, 0.15) is 15.3 Å². The Kier molecular flexibility index (Phi) is 5.05. The van der Waals surface area contributed by atoms with Gasteiger partial charge in [-0.3, -0.25) is 4.90 Å². The number of benzene rings is 1. The fourth-order valence-electron chi connectivity index (χ4n) is 3.00. The average Bonchev–Trinajstić information content (AvgIpc) is 2.89. The molecule has 1 aliphatic heterocycles. The Hall–Kier alpha value is -1.28. The molecule has 0 atom stereocenters. The van der Waals surface area contributed by atoms with Crippen LogP contribution in [0.4, 0.5) is 4.39 Å². The smallest absolute Gasteiger partial charge is 0.244 e. The Morgan fingerprint density at radius 3 is 2.38 bits per heavy atom. The van der Waals surface area contributed by atoms with E-state index in [1.165, 1.54) is 17.4 Å². The lowest BCUT2D eigenvalue weighted by atomic mass is 10.2. The molecule has 3 rings (SSSR count). The molecule has 1 fully saturated rings.